The first-order valence-corrected chi connectivity index (χ1v) is 9.49. The standard InChI is InChI=1S/C21H24N4O2/c1-15-6-4-8-17(23-15)19(27)25-21-10-5-9-20(14-21,11-12-21)24-18(26)16-7-2-3-13-22-16/h2-4,6-8,13H,5,9-12,14H2,1H3,(H,24,26)(H,25,27)/t20-,21-/m0/s1. The highest BCUT2D eigenvalue weighted by Gasteiger charge is 2.52. The molecule has 27 heavy (non-hydrogen) atoms. The third-order valence-electron chi connectivity index (χ3n) is 5.85. The first-order chi connectivity index (χ1) is 13.0. The number of rotatable bonds is 4. The molecule has 4 rings (SSSR count). The third kappa shape index (κ3) is 3.56. The van der Waals surface area contributed by atoms with Crippen LogP contribution in [0.2, 0.25) is 0 Å². The van der Waals surface area contributed by atoms with Crippen molar-refractivity contribution in [2.45, 2.75) is 56.5 Å². The molecule has 2 fully saturated rings. The summed E-state index contributed by atoms with van der Waals surface area (Å²) in [6.45, 7) is 1.88. The van der Waals surface area contributed by atoms with Gasteiger partial charge in [0.1, 0.15) is 11.4 Å². The molecule has 2 amide bonds. The zero-order chi connectivity index (χ0) is 18.9. The van der Waals surface area contributed by atoms with E-state index in [9.17, 15) is 9.59 Å². The van der Waals surface area contributed by atoms with E-state index >= 15 is 0 Å². The van der Waals surface area contributed by atoms with Crippen LogP contribution in [0.25, 0.3) is 0 Å². The smallest absolute Gasteiger partial charge is 0.270 e. The Morgan fingerprint density at radius 3 is 2.19 bits per heavy atom. The average molecular weight is 364 g/mol. The van der Waals surface area contributed by atoms with E-state index in [0.29, 0.717) is 11.4 Å². The van der Waals surface area contributed by atoms with Crippen molar-refractivity contribution in [2.75, 3.05) is 0 Å². The summed E-state index contributed by atoms with van der Waals surface area (Å²) < 4.78 is 0. The molecule has 2 aromatic heterocycles. The molecule has 0 saturated heterocycles. The van der Waals surface area contributed by atoms with Crippen molar-refractivity contribution >= 4 is 11.8 Å². The summed E-state index contributed by atoms with van der Waals surface area (Å²) >= 11 is 0. The van der Waals surface area contributed by atoms with E-state index in [1.807, 2.05) is 25.1 Å². The zero-order valence-corrected chi connectivity index (χ0v) is 15.5. The molecule has 2 aromatic rings. The number of hydrogen-bond donors (Lipinski definition) is 2. The maximum absolute atomic E-state index is 12.7. The molecule has 0 aromatic carbocycles. The minimum Gasteiger partial charge on any atom is -0.345 e. The second-order valence-electron chi connectivity index (χ2n) is 7.88. The third-order valence-corrected chi connectivity index (χ3v) is 5.85. The lowest BCUT2D eigenvalue weighted by atomic mass is 9.78. The number of carbonyl (C=O) groups excluding carboxylic acids is 2. The predicted octanol–water partition coefficient (Wildman–Crippen LogP) is 2.79. The molecule has 2 atom stereocenters. The van der Waals surface area contributed by atoms with Crippen LogP contribution in [0.3, 0.4) is 0 Å². The lowest BCUT2D eigenvalue weighted by Crippen LogP contribution is -2.55. The van der Waals surface area contributed by atoms with Crippen LogP contribution >= 0.6 is 0 Å². The maximum atomic E-state index is 12.7. The largest absolute Gasteiger partial charge is 0.345 e. The van der Waals surface area contributed by atoms with Crippen LogP contribution in [-0.2, 0) is 0 Å². The van der Waals surface area contributed by atoms with Gasteiger partial charge in [-0.15, -0.1) is 0 Å². The average Bonchev–Trinajstić information content (AvgIpc) is 2.92. The molecule has 2 aliphatic carbocycles. The summed E-state index contributed by atoms with van der Waals surface area (Å²) in [4.78, 5) is 33.8. The summed E-state index contributed by atoms with van der Waals surface area (Å²) in [6.07, 6.45) is 6.97. The number of amides is 2. The minimum atomic E-state index is -0.266. The number of fused-ring (bicyclic) bond motifs is 2. The zero-order valence-electron chi connectivity index (χ0n) is 15.5. The van der Waals surface area contributed by atoms with Crippen molar-refractivity contribution in [3.63, 3.8) is 0 Å². The van der Waals surface area contributed by atoms with Crippen LogP contribution in [0.5, 0.6) is 0 Å². The highest BCUT2D eigenvalue weighted by molar-refractivity contribution is 5.93. The van der Waals surface area contributed by atoms with E-state index in [1.54, 1.807) is 24.4 Å². The fourth-order valence-electron chi connectivity index (χ4n) is 4.61. The molecule has 2 N–H and O–H groups in total. The monoisotopic (exact) mass is 364 g/mol. The number of carbonyl (C=O) groups is 2. The van der Waals surface area contributed by atoms with Crippen molar-refractivity contribution in [3.8, 4) is 0 Å². The number of nitrogens with zero attached hydrogens (tertiary/aromatic N) is 2. The van der Waals surface area contributed by atoms with Gasteiger partial charge < -0.3 is 10.6 Å². The van der Waals surface area contributed by atoms with Gasteiger partial charge >= 0.3 is 0 Å². The van der Waals surface area contributed by atoms with Gasteiger partial charge in [0.25, 0.3) is 11.8 Å². The van der Waals surface area contributed by atoms with Crippen molar-refractivity contribution in [2.24, 2.45) is 0 Å². The minimum absolute atomic E-state index is 0.132. The van der Waals surface area contributed by atoms with Crippen LogP contribution in [0.4, 0.5) is 0 Å². The topological polar surface area (TPSA) is 84.0 Å². The molecule has 0 aliphatic heterocycles. The van der Waals surface area contributed by atoms with Gasteiger partial charge in [-0.2, -0.15) is 0 Å². The fourth-order valence-corrected chi connectivity index (χ4v) is 4.61. The Hall–Kier alpha value is -2.76. The van der Waals surface area contributed by atoms with Crippen LogP contribution in [-0.4, -0.2) is 32.9 Å². The molecule has 6 nitrogen and oxygen atoms in total. The fraction of sp³-hybridized carbons (Fsp3) is 0.429. The highest BCUT2D eigenvalue weighted by Crippen LogP contribution is 2.48. The molecule has 0 radical (unpaired) electrons. The summed E-state index contributed by atoms with van der Waals surface area (Å²) in [7, 11) is 0. The van der Waals surface area contributed by atoms with Gasteiger partial charge in [0.15, 0.2) is 0 Å². The first kappa shape index (κ1) is 17.6. The number of nitrogens with one attached hydrogen (secondary N) is 2. The Labute approximate surface area is 158 Å². The highest BCUT2D eigenvalue weighted by atomic mass is 16.2. The quantitative estimate of drug-likeness (QED) is 0.874. The van der Waals surface area contributed by atoms with Gasteiger partial charge in [-0.25, -0.2) is 4.98 Å². The molecule has 2 bridgehead atoms. The van der Waals surface area contributed by atoms with Gasteiger partial charge in [0.2, 0.25) is 0 Å². The molecular weight excluding hydrogens is 340 g/mol. The Morgan fingerprint density at radius 1 is 0.889 bits per heavy atom. The van der Waals surface area contributed by atoms with E-state index in [-0.39, 0.29) is 22.9 Å². The molecule has 0 spiro atoms. The molecule has 2 aliphatic rings. The Balaban J connectivity index is 1.48. The second kappa shape index (κ2) is 6.76. The van der Waals surface area contributed by atoms with E-state index < -0.39 is 0 Å². The molecule has 2 saturated carbocycles. The molecule has 140 valence electrons. The molecule has 0 unspecified atom stereocenters. The van der Waals surface area contributed by atoms with Crippen LogP contribution in [0.15, 0.2) is 42.6 Å². The van der Waals surface area contributed by atoms with Gasteiger partial charge in [-0.3, -0.25) is 14.6 Å². The summed E-state index contributed by atoms with van der Waals surface area (Å²) in [6, 6.07) is 10.8. The van der Waals surface area contributed by atoms with E-state index in [0.717, 1.165) is 44.2 Å². The predicted molar refractivity (Wildman–Crippen MR) is 101 cm³/mol. The van der Waals surface area contributed by atoms with E-state index in [4.69, 9.17) is 0 Å². The summed E-state index contributed by atoms with van der Waals surface area (Å²) in [5.41, 5.74) is 1.18. The molecule has 2 heterocycles. The number of pyridine rings is 2. The van der Waals surface area contributed by atoms with E-state index in [1.165, 1.54) is 0 Å². The van der Waals surface area contributed by atoms with Crippen molar-refractivity contribution < 1.29 is 9.59 Å². The summed E-state index contributed by atoms with van der Waals surface area (Å²) in [5.74, 6) is -0.271. The van der Waals surface area contributed by atoms with Gasteiger partial charge in [0.05, 0.1) is 0 Å². The maximum Gasteiger partial charge on any atom is 0.270 e. The second-order valence-corrected chi connectivity index (χ2v) is 7.88. The first-order valence-electron chi connectivity index (χ1n) is 9.49. The van der Waals surface area contributed by atoms with Crippen molar-refractivity contribution in [1.29, 1.82) is 0 Å². The van der Waals surface area contributed by atoms with Crippen molar-refractivity contribution in [1.82, 2.24) is 20.6 Å². The molecular formula is C21H24N4O2. The number of aromatic nitrogens is 2. The normalized spacial score (nSPS) is 26.4. The van der Waals surface area contributed by atoms with Crippen LogP contribution in [0.1, 0.15) is 65.2 Å². The Bertz CT molecular complexity index is 869. The van der Waals surface area contributed by atoms with Gasteiger partial charge in [-0.1, -0.05) is 12.1 Å². The number of aryl methyl sites for hydroxylation is 1. The number of hydrogen-bond acceptors (Lipinski definition) is 4. The van der Waals surface area contributed by atoms with Gasteiger partial charge in [-0.05, 0) is 69.7 Å². The van der Waals surface area contributed by atoms with Crippen LogP contribution in [0, 0.1) is 6.92 Å². The van der Waals surface area contributed by atoms with Gasteiger partial charge in [0, 0.05) is 23.0 Å². The lowest BCUT2D eigenvalue weighted by molar-refractivity contribution is 0.0827. The lowest BCUT2D eigenvalue weighted by Gasteiger charge is -2.40. The SMILES string of the molecule is Cc1cccc(C(=O)N[C@@]23CCC[C@](NC(=O)c4ccccn4)(CC2)C3)n1. The van der Waals surface area contributed by atoms with Crippen molar-refractivity contribution in [3.05, 3.63) is 59.7 Å². The van der Waals surface area contributed by atoms with Crippen LogP contribution < -0.4 is 10.6 Å². The Morgan fingerprint density at radius 2 is 1.56 bits per heavy atom. The Kier molecular flexibility index (Phi) is 4.42. The summed E-state index contributed by atoms with van der Waals surface area (Å²) in [5, 5.41) is 6.46. The molecule has 6 heteroatoms. The van der Waals surface area contributed by atoms with E-state index in [2.05, 4.69) is 20.6 Å².